The fourth-order valence-electron chi connectivity index (χ4n) is 8.58. The number of hydrogen-bond acceptors (Lipinski definition) is 19. The highest BCUT2D eigenvalue weighted by Gasteiger charge is 2.41. The highest BCUT2D eigenvalue weighted by atomic mass is 33.1. The van der Waals surface area contributed by atoms with Crippen molar-refractivity contribution in [3.8, 4) is 11.5 Å². The summed E-state index contributed by atoms with van der Waals surface area (Å²) in [5.41, 5.74) is 0.875. The van der Waals surface area contributed by atoms with E-state index in [0.29, 0.717) is 17.5 Å². The molecule has 2 aliphatic heterocycles. The van der Waals surface area contributed by atoms with Crippen LogP contribution in [0.15, 0.2) is 48.5 Å². The number of benzene rings is 2. The van der Waals surface area contributed by atoms with Crippen molar-refractivity contribution in [3.63, 3.8) is 0 Å². The molecule has 0 aliphatic carbocycles. The Bertz CT molecular complexity index is 2290. The lowest BCUT2D eigenvalue weighted by atomic mass is 10.0. The summed E-state index contributed by atoms with van der Waals surface area (Å²) in [4.78, 5) is 112. The summed E-state index contributed by atoms with van der Waals surface area (Å²) in [6.07, 6.45) is -5.29. The van der Waals surface area contributed by atoms with Crippen LogP contribution in [-0.4, -0.2) is 201 Å². The molecule has 0 aromatic heterocycles. The number of aromatic hydroxyl groups is 2. The van der Waals surface area contributed by atoms with Crippen LogP contribution in [0.1, 0.15) is 64.5 Å². The van der Waals surface area contributed by atoms with Crippen molar-refractivity contribution in [1.82, 2.24) is 58.1 Å². The molecule has 77 heavy (non-hydrogen) atoms. The molecule has 0 spiro atoms. The van der Waals surface area contributed by atoms with Gasteiger partial charge >= 0.3 is 5.97 Å². The number of carbonyl (C=O) groups excluding carboxylic acids is 7. The van der Waals surface area contributed by atoms with Gasteiger partial charge < -0.3 is 78.1 Å². The van der Waals surface area contributed by atoms with Gasteiger partial charge in [0.15, 0.2) is 0 Å². The number of likely N-dealkylation sites (tertiary alicyclic amines) is 1. The van der Waals surface area contributed by atoms with Crippen LogP contribution in [-0.2, 0) is 51.2 Å². The van der Waals surface area contributed by atoms with Gasteiger partial charge in [-0.05, 0) is 88.5 Å². The van der Waals surface area contributed by atoms with E-state index in [4.69, 9.17) is 0 Å². The second kappa shape index (κ2) is 31.6. The number of amides is 7. The standard InChI is InChI=1S/C50H77N11O14S2/c1-26(2)18-36(58-46(71)37(52-6)22-51-5)50(75)61-17-7-8-39(61)48(73)59-38-25-77-76-24-27(3)54-49(74)42(28(4)62)60-40(65)23-53-43(68)33(19-29-9-13-31(63)14-10-29)55-44(69)34(20-30-11-15-32(64)16-12-30)56-45(70)35(21-41(66)67)57-47(38)72/h9-16,26-28,33-40,42,47,51-52,57,60,62-65,72H,7-8,17-25H2,1-6H3,(H,53,68)(H,54,74)(H,55,69)(H,56,70)(H,58,71)(H,59,73)(H,66,67)/t27-,28?,33+,34+,35+,36+,37?,38+,39?,40-,42+,47-/m1/s1. The van der Waals surface area contributed by atoms with Crippen molar-refractivity contribution in [2.45, 2.75) is 139 Å². The molecule has 7 amide bonds. The molecule has 16 N–H and O–H groups in total. The monoisotopic (exact) mass is 1120 g/mol. The molecule has 0 radical (unpaired) electrons. The summed E-state index contributed by atoms with van der Waals surface area (Å²) in [5, 5.41) is 90.7. The number of nitrogens with zero attached hydrogens (tertiary/aromatic N) is 1. The smallest absolute Gasteiger partial charge is 0.305 e. The Morgan fingerprint density at radius 3 is 1.88 bits per heavy atom. The Kier molecular flexibility index (Phi) is 26.1. The Hall–Kier alpha value is -5.78. The normalized spacial score (nSPS) is 26.0. The third-order valence-electron chi connectivity index (χ3n) is 12.7. The summed E-state index contributed by atoms with van der Waals surface area (Å²) < 4.78 is 0. The molecular weight excluding hydrogens is 1040 g/mol. The summed E-state index contributed by atoms with van der Waals surface area (Å²) in [5.74, 6) is -6.73. The van der Waals surface area contributed by atoms with Crippen molar-refractivity contribution in [1.29, 1.82) is 0 Å². The first-order valence-electron chi connectivity index (χ1n) is 25.5. The summed E-state index contributed by atoms with van der Waals surface area (Å²) in [7, 11) is 5.65. The second-order valence-electron chi connectivity index (χ2n) is 19.6. The summed E-state index contributed by atoms with van der Waals surface area (Å²) in [6.45, 7) is 6.72. The molecule has 2 aromatic carbocycles. The fraction of sp³-hybridized carbons (Fsp3) is 0.600. The van der Waals surface area contributed by atoms with Crippen LogP contribution in [0.5, 0.6) is 11.5 Å². The molecule has 428 valence electrons. The zero-order chi connectivity index (χ0) is 56.9. The first-order chi connectivity index (χ1) is 36.5. The number of rotatable bonds is 17. The van der Waals surface area contributed by atoms with E-state index in [0.717, 1.165) is 10.8 Å². The maximum Gasteiger partial charge on any atom is 0.305 e. The number of β-amino-alcohol motifs (C(OH)–C–C–N with tert-alkyl or cyclic N) is 1. The number of aliphatic carboxylic acids is 1. The highest BCUT2D eigenvalue weighted by Crippen LogP contribution is 2.26. The number of hydrogen-bond donors (Lipinski definition) is 16. The van der Waals surface area contributed by atoms with Crippen LogP contribution < -0.4 is 53.2 Å². The van der Waals surface area contributed by atoms with Gasteiger partial charge in [0.2, 0.25) is 41.4 Å². The maximum absolute atomic E-state index is 14.4. The molecular formula is C50H77N11O14S2. The molecule has 0 bridgehead atoms. The number of carbonyl (C=O) groups is 8. The Labute approximate surface area is 455 Å². The Balaban J connectivity index is 1.72. The van der Waals surface area contributed by atoms with Gasteiger partial charge in [0, 0.05) is 43.5 Å². The van der Waals surface area contributed by atoms with E-state index >= 15 is 0 Å². The number of nitrogens with one attached hydrogen (secondary N) is 10. The molecule has 3 unspecified atom stereocenters. The maximum atomic E-state index is 14.4. The number of carboxylic acids is 1. The number of likely N-dealkylation sites (N-methyl/N-ethyl adjacent to an activating group) is 2. The Morgan fingerprint density at radius 2 is 1.34 bits per heavy atom. The van der Waals surface area contributed by atoms with Gasteiger partial charge in [0.05, 0.1) is 37.2 Å². The van der Waals surface area contributed by atoms with Gasteiger partial charge in [-0.1, -0.05) is 59.7 Å². The molecule has 2 heterocycles. The van der Waals surface area contributed by atoms with Crippen molar-refractivity contribution in [3.05, 3.63) is 59.7 Å². The molecule has 2 aromatic rings. The zero-order valence-corrected chi connectivity index (χ0v) is 45.7. The lowest BCUT2D eigenvalue weighted by Gasteiger charge is -2.33. The molecule has 12 atom stereocenters. The van der Waals surface area contributed by atoms with Crippen molar-refractivity contribution in [2.24, 2.45) is 5.92 Å². The lowest BCUT2D eigenvalue weighted by Crippen LogP contribution is -2.62. The number of carboxylic acid groups (broad SMARTS) is 1. The van der Waals surface area contributed by atoms with Crippen LogP contribution in [0.3, 0.4) is 0 Å². The summed E-state index contributed by atoms with van der Waals surface area (Å²) >= 11 is 0. The first-order valence-corrected chi connectivity index (χ1v) is 28.0. The molecule has 2 aliphatic rings. The minimum atomic E-state index is -1.86. The second-order valence-corrected chi connectivity index (χ2v) is 22.2. The Morgan fingerprint density at radius 1 is 0.766 bits per heavy atom. The fourth-order valence-corrected chi connectivity index (χ4v) is 11.1. The van der Waals surface area contributed by atoms with Crippen LogP contribution in [0, 0.1) is 5.92 Å². The van der Waals surface area contributed by atoms with Crippen LogP contribution in [0.25, 0.3) is 0 Å². The minimum Gasteiger partial charge on any atom is -0.508 e. The van der Waals surface area contributed by atoms with Crippen LogP contribution >= 0.6 is 21.6 Å². The van der Waals surface area contributed by atoms with Gasteiger partial charge in [-0.25, -0.2) is 0 Å². The van der Waals surface area contributed by atoms with E-state index in [1.807, 2.05) is 13.8 Å². The van der Waals surface area contributed by atoms with Gasteiger partial charge in [0.1, 0.15) is 54.2 Å². The molecule has 27 heteroatoms. The first kappa shape index (κ1) is 63.8. The molecule has 2 saturated heterocycles. The number of aliphatic hydroxyl groups excluding tert-OH is 3. The van der Waals surface area contributed by atoms with Crippen LogP contribution in [0.2, 0.25) is 0 Å². The number of phenols is 2. The quantitative estimate of drug-likeness (QED) is 0.0706. The van der Waals surface area contributed by atoms with E-state index in [9.17, 15) is 69.0 Å². The van der Waals surface area contributed by atoms with Gasteiger partial charge in [-0.2, -0.15) is 0 Å². The molecule has 2 fully saturated rings. The third-order valence-corrected chi connectivity index (χ3v) is 15.3. The predicted molar refractivity (Wildman–Crippen MR) is 288 cm³/mol. The topological polar surface area (TPSA) is 381 Å². The van der Waals surface area contributed by atoms with E-state index in [1.54, 1.807) is 21.0 Å². The highest BCUT2D eigenvalue weighted by molar-refractivity contribution is 8.76. The number of phenolic OH excluding ortho intramolecular Hbond substituents is 2. The average molecular weight is 1120 g/mol. The third kappa shape index (κ3) is 20.8. The van der Waals surface area contributed by atoms with Crippen molar-refractivity contribution < 1.29 is 69.0 Å². The van der Waals surface area contributed by atoms with E-state index in [-0.39, 0.29) is 67.7 Å². The predicted octanol–water partition coefficient (Wildman–Crippen LogP) is -2.91. The van der Waals surface area contributed by atoms with Crippen LogP contribution in [0.4, 0.5) is 0 Å². The van der Waals surface area contributed by atoms with Gasteiger partial charge in [-0.3, -0.25) is 49.0 Å². The summed E-state index contributed by atoms with van der Waals surface area (Å²) in [6, 6.07) is 0.649. The largest absolute Gasteiger partial charge is 0.508 e. The van der Waals surface area contributed by atoms with Crippen molar-refractivity contribution >= 4 is 68.9 Å². The van der Waals surface area contributed by atoms with E-state index < -0.39 is 133 Å². The SMILES string of the molecule is CNCC(NC)C(=O)N[C@@H](CC(C)C)C(=O)N1CCCC1C(=O)N[C@H]1CSSC[C@@H](C)NC(=O)[C@H](C(C)O)N[C@H](O)CNC(=O)[C@H](Cc2ccc(O)cc2)NC(=O)[C@H](Cc2ccc(O)cc2)NC(=O)[C@H](CC(=O)O)N[C@@H]1O. The minimum absolute atomic E-state index is 0.0318. The van der Waals surface area contributed by atoms with Crippen molar-refractivity contribution in [2.75, 3.05) is 45.2 Å². The molecule has 25 nitrogen and oxygen atoms in total. The van der Waals surface area contributed by atoms with Gasteiger partial charge in [0.25, 0.3) is 0 Å². The van der Waals surface area contributed by atoms with E-state index in [2.05, 4.69) is 53.2 Å². The van der Waals surface area contributed by atoms with Gasteiger partial charge in [-0.15, -0.1) is 0 Å². The number of aliphatic hydroxyl groups is 3. The average Bonchev–Trinajstić information content (AvgIpc) is 3.87. The molecule has 4 rings (SSSR count). The zero-order valence-electron chi connectivity index (χ0n) is 44.1. The molecule has 0 saturated carbocycles. The van der Waals surface area contributed by atoms with E-state index in [1.165, 1.54) is 71.1 Å². The lowest BCUT2D eigenvalue weighted by molar-refractivity contribution is -0.142.